The predicted molar refractivity (Wildman–Crippen MR) is 225 cm³/mol. The third kappa shape index (κ3) is 8.25. The van der Waals surface area contributed by atoms with Crippen molar-refractivity contribution in [2.75, 3.05) is 6.54 Å². The second kappa shape index (κ2) is 16.2. The lowest BCUT2D eigenvalue weighted by Crippen LogP contribution is -2.48. The number of fused-ring (bicyclic) bond motifs is 3. The zero-order valence-corrected chi connectivity index (χ0v) is 35.7. The Morgan fingerprint density at radius 1 is 1.05 bits per heavy atom. The van der Waals surface area contributed by atoms with Crippen LogP contribution in [-0.2, 0) is 37.0 Å². The summed E-state index contributed by atoms with van der Waals surface area (Å²) in [6.07, 6.45) is 2.21. The van der Waals surface area contributed by atoms with Gasteiger partial charge in [-0.25, -0.2) is 18.4 Å². The first-order chi connectivity index (χ1) is 29.6. The van der Waals surface area contributed by atoms with Crippen molar-refractivity contribution in [3.63, 3.8) is 0 Å². The van der Waals surface area contributed by atoms with Crippen LogP contribution in [0.5, 0.6) is 5.88 Å². The third-order valence-corrected chi connectivity index (χ3v) is 15.8. The van der Waals surface area contributed by atoms with Crippen molar-refractivity contribution in [2.45, 2.75) is 101 Å². The highest BCUT2D eigenvalue weighted by Crippen LogP contribution is 2.57. The average molecular weight is 890 g/mol. The molecule has 2 amide bonds. The smallest absolute Gasteiger partial charge is 0.416 e. The standard InChI is InChI=1S/C45H46F3N5O7S2/c1-3-28-21-44(28,43(56)52-62(57,58)31-17-18-31)22-35(54)34-19-30(23-53(34)42(55)33(26-9-5-4-6-10-26)20-37-49-25(2)24-61-37)59-41-39-38(32-11-7-8-12-36(32)60-39)50-40(51-41)27-13-15-29(16-14-27)45(46,47)48/h3,7-8,11-16,24,26,28,30-31,33-34H,1,4-6,9-10,17-23H2,2H3,(H,52,56)/t28-,30-,33+,34+,44-/m1/s1. The van der Waals surface area contributed by atoms with E-state index in [-0.39, 0.29) is 54.9 Å². The van der Waals surface area contributed by atoms with E-state index in [1.807, 2.05) is 12.3 Å². The van der Waals surface area contributed by atoms with Crippen LogP contribution in [0.3, 0.4) is 0 Å². The number of benzene rings is 2. The van der Waals surface area contributed by atoms with Crippen LogP contribution >= 0.6 is 11.3 Å². The Labute approximate surface area is 360 Å². The normalized spacial score (nSPS) is 23.7. The Morgan fingerprint density at radius 2 is 1.79 bits per heavy atom. The average Bonchev–Trinajstić information content (AvgIpc) is 4.11. The summed E-state index contributed by atoms with van der Waals surface area (Å²) in [5.74, 6) is -2.15. The molecule has 3 aliphatic carbocycles. The highest BCUT2D eigenvalue weighted by Gasteiger charge is 2.61. The van der Waals surface area contributed by atoms with E-state index in [1.54, 1.807) is 35.2 Å². The van der Waals surface area contributed by atoms with Gasteiger partial charge in [-0.05, 0) is 75.1 Å². The molecule has 17 heteroatoms. The molecule has 1 saturated heterocycles. The fraction of sp³-hybridized carbons (Fsp3) is 0.467. The number of allylic oxidation sites excluding steroid dienone is 1. The van der Waals surface area contributed by atoms with Crippen LogP contribution in [0.25, 0.3) is 33.5 Å². The molecule has 0 radical (unpaired) electrons. The van der Waals surface area contributed by atoms with Crippen LogP contribution in [0.2, 0.25) is 0 Å². The molecule has 3 saturated carbocycles. The van der Waals surface area contributed by atoms with Crippen molar-refractivity contribution in [3.05, 3.63) is 82.8 Å². The zero-order valence-electron chi connectivity index (χ0n) is 34.0. The molecule has 0 bridgehead atoms. The number of ketones is 1. The monoisotopic (exact) mass is 889 g/mol. The van der Waals surface area contributed by atoms with Gasteiger partial charge in [0.05, 0.1) is 33.8 Å². The number of sulfonamides is 1. The molecule has 4 fully saturated rings. The second-order valence-corrected chi connectivity index (χ2v) is 20.2. The number of nitrogens with zero attached hydrogens (tertiary/aromatic N) is 4. The summed E-state index contributed by atoms with van der Waals surface area (Å²) in [6.45, 7) is 5.74. The number of ether oxygens (including phenoxy) is 1. The quantitative estimate of drug-likeness (QED) is 0.107. The maximum Gasteiger partial charge on any atom is 0.416 e. The minimum atomic E-state index is -4.54. The number of Topliss-reactive ketones (excluding diaryl/α,β-unsaturated/α-hetero) is 1. The van der Waals surface area contributed by atoms with E-state index in [1.165, 1.54) is 23.5 Å². The highest BCUT2D eigenvalue weighted by molar-refractivity contribution is 7.90. The number of likely N-dealkylation sites (tertiary alicyclic amines) is 1. The topological polar surface area (TPSA) is 162 Å². The van der Waals surface area contributed by atoms with Crippen LogP contribution in [0.1, 0.15) is 80.5 Å². The van der Waals surface area contributed by atoms with Gasteiger partial charge in [-0.3, -0.25) is 19.1 Å². The first kappa shape index (κ1) is 42.2. The van der Waals surface area contributed by atoms with Gasteiger partial charge < -0.3 is 14.1 Å². The molecular weight excluding hydrogens is 844 g/mol. The maximum absolute atomic E-state index is 15.1. The van der Waals surface area contributed by atoms with E-state index < -0.39 is 68.1 Å². The second-order valence-electron chi connectivity index (χ2n) is 17.3. The highest BCUT2D eigenvalue weighted by atomic mass is 32.2. The molecule has 2 aromatic carbocycles. The molecule has 0 unspecified atom stereocenters. The predicted octanol–water partition coefficient (Wildman–Crippen LogP) is 8.37. The van der Waals surface area contributed by atoms with Crippen molar-refractivity contribution >= 4 is 61.0 Å². The van der Waals surface area contributed by atoms with Crippen LogP contribution < -0.4 is 9.46 Å². The molecule has 62 heavy (non-hydrogen) atoms. The Bertz CT molecular complexity index is 2670. The summed E-state index contributed by atoms with van der Waals surface area (Å²) in [5, 5.41) is 2.76. The molecule has 5 atom stereocenters. The largest absolute Gasteiger partial charge is 0.470 e. The number of furan rings is 1. The van der Waals surface area contributed by atoms with E-state index in [0.717, 1.165) is 54.9 Å². The van der Waals surface area contributed by atoms with Gasteiger partial charge in [-0.15, -0.1) is 17.9 Å². The van der Waals surface area contributed by atoms with Gasteiger partial charge in [0.15, 0.2) is 11.6 Å². The number of nitrogens with one attached hydrogen (secondary N) is 1. The fourth-order valence-corrected chi connectivity index (χ4v) is 11.6. The van der Waals surface area contributed by atoms with Crippen molar-refractivity contribution < 1.29 is 45.1 Å². The van der Waals surface area contributed by atoms with Gasteiger partial charge in [-0.1, -0.05) is 49.6 Å². The van der Waals surface area contributed by atoms with Gasteiger partial charge in [-0.2, -0.15) is 18.2 Å². The van der Waals surface area contributed by atoms with Gasteiger partial charge in [0, 0.05) is 47.2 Å². The molecule has 1 aliphatic heterocycles. The number of carbonyl (C=O) groups is 3. The Kier molecular flexibility index (Phi) is 11.0. The van der Waals surface area contributed by atoms with Crippen molar-refractivity contribution in [1.29, 1.82) is 0 Å². The molecule has 4 heterocycles. The number of alkyl halides is 3. The number of thiazole rings is 1. The first-order valence-corrected chi connectivity index (χ1v) is 23.5. The van der Waals surface area contributed by atoms with Crippen LogP contribution in [-0.4, -0.2) is 69.8 Å². The number of para-hydroxylation sites is 1. The SMILES string of the molecule is C=C[C@@H]1C[C@]1(CC(=O)[C@@H]1C[C@@H](Oc2nc(-c3ccc(C(F)(F)F)cc3)nc3c2oc2ccccc23)CN1C(=O)[C@@H](Cc1nc(C)cs1)C1CCCCC1)C(=O)NS(=O)(=O)C1CC1. The maximum atomic E-state index is 15.1. The molecule has 326 valence electrons. The number of carbonyl (C=O) groups excluding carboxylic acids is 3. The minimum Gasteiger partial charge on any atom is -0.470 e. The number of halogens is 3. The Hall–Kier alpha value is -5.16. The number of aryl methyl sites for hydroxylation is 1. The lowest BCUT2D eigenvalue weighted by atomic mass is 9.77. The van der Waals surface area contributed by atoms with E-state index in [2.05, 4.69) is 21.3 Å². The number of amides is 2. The molecule has 3 aromatic heterocycles. The van der Waals surface area contributed by atoms with E-state index in [4.69, 9.17) is 14.1 Å². The van der Waals surface area contributed by atoms with Crippen LogP contribution in [0.15, 0.2) is 71.0 Å². The number of rotatable bonds is 14. The zero-order chi connectivity index (χ0) is 43.6. The molecule has 9 rings (SSSR count). The molecular formula is C45H46F3N5O7S2. The summed E-state index contributed by atoms with van der Waals surface area (Å²) in [7, 11) is -3.90. The van der Waals surface area contributed by atoms with E-state index >= 15 is 4.79 Å². The van der Waals surface area contributed by atoms with Crippen molar-refractivity contribution in [3.8, 4) is 17.3 Å². The minimum absolute atomic E-state index is 0.0104. The summed E-state index contributed by atoms with van der Waals surface area (Å²) in [4.78, 5) is 59.3. The van der Waals surface area contributed by atoms with Crippen molar-refractivity contribution in [2.24, 2.45) is 23.2 Å². The molecule has 4 aliphatic rings. The van der Waals surface area contributed by atoms with Crippen LogP contribution in [0, 0.1) is 30.1 Å². The Morgan fingerprint density at radius 3 is 2.45 bits per heavy atom. The van der Waals surface area contributed by atoms with Crippen LogP contribution in [0.4, 0.5) is 13.2 Å². The lowest BCUT2D eigenvalue weighted by molar-refractivity contribution is -0.143. The van der Waals surface area contributed by atoms with Gasteiger partial charge >= 0.3 is 6.18 Å². The first-order valence-electron chi connectivity index (χ1n) is 21.1. The number of aromatic nitrogens is 3. The Balaban J connectivity index is 1.07. The van der Waals surface area contributed by atoms with E-state index in [9.17, 15) is 31.2 Å². The summed E-state index contributed by atoms with van der Waals surface area (Å²) >= 11 is 1.49. The van der Waals surface area contributed by atoms with Gasteiger partial charge in [0.2, 0.25) is 27.4 Å². The summed E-state index contributed by atoms with van der Waals surface area (Å²) in [6, 6.07) is 10.6. The third-order valence-electron chi connectivity index (χ3n) is 13.0. The van der Waals surface area contributed by atoms with Crippen molar-refractivity contribution in [1.82, 2.24) is 24.6 Å². The summed E-state index contributed by atoms with van der Waals surface area (Å²) in [5.41, 5.74) is 0.0235. The fourth-order valence-electron chi connectivity index (χ4n) is 9.37. The molecule has 0 spiro atoms. The molecule has 1 N–H and O–H groups in total. The number of hydrogen-bond donors (Lipinski definition) is 1. The summed E-state index contributed by atoms with van der Waals surface area (Å²) < 4.78 is 81.4. The van der Waals surface area contributed by atoms with E-state index in [0.29, 0.717) is 41.3 Å². The van der Waals surface area contributed by atoms with Gasteiger partial charge in [0.1, 0.15) is 17.2 Å². The number of hydrogen-bond acceptors (Lipinski definition) is 11. The van der Waals surface area contributed by atoms with Gasteiger partial charge in [0.25, 0.3) is 5.88 Å². The molecule has 5 aromatic rings. The lowest BCUT2D eigenvalue weighted by Gasteiger charge is -2.34. The molecule has 12 nitrogen and oxygen atoms in total.